The Kier molecular flexibility index (Phi) is 7.98. The van der Waals surface area contributed by atoms with Crippen molar-refractivity contribution < 1.29 is 46.0 Å². The molecule has 1 saturated carbocycles. The van der Waals surface area contributed by atoms with E-state index in [1.807, 2.05) is 0 Å². The van der Waals surface area contributed by atoms with Gasteiger partial charge in [-0.15, -0.1) is 0 Å². The van der Waals surface area contributed by atoms with Gasteiger partial charge in [-0.3, -0.25) is 0 Å². The van der Waals surface area contributed by atoms with Crippen LogP contribution < -0.4 is 5.73 Å². The predicted octanol–water partition coefficient (Wildman–Crippen LogP) is -6.17. The molecular formula is C10H23NO9. The maximum absolute atomic E-state index is 8.97. The molecular weight excluding hydrogens is 278 g/mol. The van der Waals surface area contributed by atoms with Crippen LogP contribution in [0.25, 0.3) is 0 Å². The van der Waals surface area contributed by atoms with E-state index in [1.165, 1.54) is 0 Å². The van der Waals surface area contributed by atoms with Crippen molar-refractivity contribution in [3.63, 3.8) is 0 Å². The van der Waals surface area contributed by atoms with E-state index in [2.05, 4.69) is 0 Å². The van der Waals surface area contributed by atoms with E-state index in [1.54, 1.807) is 0 Å². The largest absolute Gasteiger partial charge is 0.394 e. The minimum atomic E-state index is -1.64. The number of nitrogens with two attached hydrogens (primary N) is 1. The lowest BCUT2D eigenvalue weighted by atomic mass is 9.85. The van der Waals surface area contributed by atoms with Crippen molar-refractivity contribution in [3.8, 4) is 0 Å². The zero-order valence-corrected chi connectivity index (χ0v) is 10.7. The third-order valence-corrected chi connectivity index (χ3v) is 3.04. The molecule has 10 heteroatoms. The molecule has 0 aromatic heterocycles. The highest BCUT2D eigenvalue weighted by Crippen LogP contribution is 2.20. The SMILES string of the molecule is NC(CO)(CO)CO.O[C@H]1[C@H](O)[C@@H](O)[C@H](O)[C@@H](O)[C@H]1O. The summed E-state index contributed by atoms with van der Waals surface area (Å²) in [5.41, 5.74) is 3.94. The van der Waals surface area contributed by atoms with Crippen molar-refractivity contribution in [2.45, 2.75) is 42.2 Å². The minimum absolute atomic E-state index is 0.403. The summed E-state index contributed by atoms with van der Waals surface area (Å²) in [6.45, 7) is -1.21. The first-order chi connectivity index (χ1) is 9.15. The van der Waals surface area contributed by atoms with Gasteiger partial charge in [0.1, 0.15) is 36.6 Å². The van der Waals surface area contributed by atoms with Gasteiger partial charge in [-0.1, -0.05) is 0 Å². The molecule has 1 fully saturated rings. The number of hydrogen-bond acceptors (Lipinski definition) is 10. The Morgan fingerprint density at radius 1 is 0.550 bits per heavy atom. The third-order valence-electron chi connectivity index (χ3n) is 3.04. The Balaban J connectivity index is 0.000000396. The fourth-order valence-electron chi connectivity index (χ4n) is 1.36. The van der Waals surface area contributed by atoms with Crippen LogP contribution in [0, 0.1) is 0 Å². The van der Waals surface area contributed by atoms with Gasteiger partial charge < -0.3 is 51.7 Å². The predicted molar refractivity (Wildman–Crippen MR) is 64.2 cm³/mol. The van der Waals surface area contributed by atoms with Gasteiger partial charge >= 0.3 is 0 Å². The highest BCUT2D eigenvalue weighted by atomic mass is 16.4. The fraction of sp³-hybridized carbons (Fsp3) is 1.00. The molecule has 0 unspecified atom stereocenters. The average molecular weight is 301 g/mol. The maximum atomic E-state index is 8.97. The summed E-state index contributed by atoms with van der Waals surface area (Å²) in [6.07, 6.45) is -9.84. The summed E-state index contributed by atoms with van der Waals surface area (Å²) in [5.74, 6) is 0. The zero-order valence-electron chi connectivity index (χ0n) is 10.7. The van der Waals surface area contributed by atoms with Crippen LogP contribution in [0.1, 0.15) is 0 Å². The molecule has 122 valence electrons. The first-order valence-electron chi connectivity index (χ1n) is 5.85. The van der Waals surface area contributed by atoms with Crippen LogP contribution in [0.4, 0.5) is 0 Å². The summed E-state index contributed by atoms with van der Waals surface area (Å²) < 4.78 is 0. The third kappa shape index (κ3) is 4.56. The van der Waals surface area contributed by atoms with Crippen molar-refractivity contribution in [2.24, 2.45) is 5.73 Å². The second-order valence-electron chi connectivity index (χ2n) is 4.78. The Bertz CT molecular complexity index is 209. The van der Waals surface area contributed by atoms with Gasteiger partial charge in [0.05, 0.1) is 25.4 Å². The lowest BCUT2D eigenvalue weighted by molar-refractivity contribution is -0.223. The van der Waals surface area contributed by atoms with Crippen LogP contribution in [0.2, 0.25) is 0 Å². The Morgan fingerprint density at radius 3 is 0.750 bits per heavy atom. The molecule has 11 N–H and O–H groups in total. The highest BCUT2D eigenvalue weighted by Gasteiger charge is 2.47. The van der Waals surface area contributed by atoms with Crippen LogP contribution in [0.5, 0.6) is 0 Å². The fourth-order valence-corrected chi connectivity index (χ4v) is 1.36. The molecule has 0 heterocycles. The van der Waals surface area contributed by atoms with Gasteiger partial charge in [-0.25, -0.2) is 0 Å². The first kappa shape index (κ1) is 19.6. The normalized spacial score (nSPS) is 38.1. The first-order valence-corrected chi connectivity index (χ1v) is 5.85. The Morgan fingerprint density at radius 2 is 0.700 bits per heavy atom. The Hall–Kier alpha value is -0.400. The standard InChI is InChI=1S/C6H12O6.C4H11NO3/c7-1-2(8)4(10)6(12)5(11)3(1)9;5-4(1-6,2-7)3-8/h1-12H;6-8H,1-3,5H2/t1-,2-,3-,4+,5-,6-;. The molecule has 0 amide bonds. The lowest BCUT2D eigenvalue weighted by Crippen LogP contribution is -2.63. The van der Waals surface area contributed by atoms with E-state index >= 15 is 0 Å². The van der Waals surface area contributed by atoms with Crippen LogP contribution in [0.3, 0.4) is 0 Å². The van der Waals surface area contributed by atoms with Crippen LogP contribution in [0.15, 0.2) is 0 Å². The molecule has 0 bridgehead atoms. The van der Waals surface area contributed by atoms with Gasteiger partial charge in [0, 0.05) is 0 Å². The van der Waals surface area contributed by atoms with Gasteiger partial charge in [0.25, 0.3) is 0 Å². The molecule has 0 aromatic carbocycles. The molecule has 1 aliphatic rings. The van der Waals surface area contributed by atoms with E-state index in [4.69, 9.17) is 51.7 Å². The second kappa shape index (κ2) is 8.14. The quantitative estimate of drug-likeness (QED) is 0.238. The summed E-state index contributed by atoms with van der Waals surface area (Å²) >= 11 is 0. The van der Waals surface area contributed by atoms with E-state index in [-0.39, 0.29) is 0 Å². The number of aliphatic hydroxyl groups excluding tert-OH is 9. The molecule has 0 spiro atoms. The van der Waals surface area contributed by atoms with Crippen LogP contribution >= 0.6 is 0 Å². The molecule has 0 aliphatic heterocycles. The smallest absolute Gasteiger partial charge is 0.111 e. The van der Waals surface area contributed by atoms with Crippen molar-refractivity contribution in [2.75, 3.05) is 19.8 Å². The summed E-state index contributed by atoms with van der Waals surface area (Å²) in [7, 11) is 0. The second-order valence-corrected chi connectivity index (χ2v) is 4.78. The number of hydrogen-bond donors (Lipinski definition) is 10. The van der Waals surface area contributed by atoms with Crippen LogP contribution in [-0.2, 0) is 0 Å². The molecule has 1 aliphatic carbocycles. The van der Waals surface area contributed by atoms with Gasteiger partial charge in [-0.05, 0) is 0 Å². The number of rotatable bonds is 3. The van der Waals surface area contributed by atoms with Crippen LogP contribution in [-0.4, -0.2) is 108 Å². The molecule has 0 saturated heterocycles. The average Bonchev–Trinajstić information content (AvgIpc) is 2.48. The van der Waals surface area contributed by atoms with E-state index in [0.29, 0.717) is 0 Å². The molecule has 1 rings (SSSR count). The molecule has 20 heavy (non-hydrogen) atoms. The summed E-state index contributed by atoms with van der Waals surface area (Å²) in [5, 5.41) is 78.9. The van der Waals surface area contributed by atoms with E-state index in [0.717, 1.165) is 0 Å². The van der Waals surface area contributed by atoms with Crippen molar-refractivity contribution in [1.82, 2.24) is 0 Å². The van der Waals surface area contributed by atoms with Crippen molar-refractivity contribution in [3.05, 3.63) is 0 Å². The number of aliphatic hydroxyl groups is 9. The highest BCUT2D eigenvalue weighted by molar-refractivity contribution is 4.98. The topological polar surface area (TPSA) is 208 Å². The molecule has 0 aromatic rings. The zero-order chi connectivity index (χ0) is 16.1. The van der Waals surface area contributed by atoms with E-state index in [9.17, 15) is 0 Å². The molecule has 0 atom stereocenters. The summed E-state index contributed by atoms with van der Waals surface area (Å²) in [6, 6.07) is 0. The van der Waals surface area contributed by atoms with Crippen molar-refractivity contribution in [1.29, 1.82) is 0 Å². The molecule has 0 radical (unpaired) electrons. The van der Waals surface area contributed by atoms with Gasteiger partial charge in [-0.2, -0.15) is 0 Å². The monoisotopic (exact) mass is 301 g/mol. The summed E-state index contributed by atoms with van der Waals surface area (Å²) in [4.78, 5) is 0. The van der Waals surface area contributed by atoms with E-state index < -0.39 is 62.0 Å². The molecule has 10 nitrogen and oxygen atoms in total. The van der Waals surface area contributed by atoms with Gasteiger partial charge in [0.2, 0.25) is 0 Å². The Labute approximate surface area is 115 Å². The lowest BCUT2D eigenvalue weighted by Gasteiger charge is -2.39. The maximum Gasteiger partial charge on any atom is 0.111 e. The van der Waals surface area contributed by atoms with Gasteiger partial charge in [0.15, 0.2) is 0 Å². The van der Waals surface area contributed by atoms with Crippen molar-refractivity contribution >= 4 is 0 Å². The minimum Gasteiger partial charge on any atom is -0.394 e.